The van der Waals surface area contributed by atoms with Gasteiger partial charge in [-0.1, -0.05) is 0 Å². The molecule has 0 fully saturated rings. The summed E-state index contributed by atoms with van der Waals surface area (Å²) in [4.78, 5) is 17.7. The van der Waals surface area contributed by atoms with Crippen molar-refractivity contribution < 1.29 is 35.1 Å². The summed E-state index contributed by atoms with van der Waals surface area (Å²) in [7, 11) is 0.759. The molecule has 6 heteroatoms. The van der Waals surface area contributed by atoms with Crippen LogP contribution in [-0.2, 0) is 30.0 Å². The van der Waals surface area contributed by atoms with Crippen LogP contribution in [0.5, 0.6) is 0 Å². The van der Waals surface area contributed by atoms with E-state index in [-0.39, 0.29) is 20.4 Å². The van der Waals surface area contributed by atoms with Gasteiger partial charge in [0, 0.05) is 27.3 Å². The molecule has 0 atom stereocenters. The second kappa shape index (κ2) is 29.6. The van der Waals surface area contributed by atoms with Gasteiger partial charge in [0.2, 0.25) is 0 Å². The van der Waals surface area contributed by atoms with E-state index in [9.17, 15) is 0 Å². The molecule has 104 valence electrons. The fourth-order valence-electron chi connectivity index (χ4n) is 0. The Bertz CT molecular complexity index is 116. The van der Waals surface area contributed by atoms with Gasteiger partial charge in [0.25, 0.3) is 5.97 Å². The predicted octanol–water partition coefficient (Wildman–Crippen LogP) is 2.92. The minimum absolute atomic E-state index is 0. The molecule has 0 aliphatic heterocycles. The number of aliphatic carboxylic acids is 1. The maximum Gasteiger partial charge on any atom is 0.300 e. The molecule has 0 saturated heterocycles. The molecule has 0 aliphatic rings. The zero-order chi connectivity index (χ0) is 13.4. The van der Waals surface area contributed by atoms with Crippen LogP contribution in [0, 0.1) is 0 Å². The Hall–Kier alpha value is 0.662. The average molecular weight is 362 g/mol. The molecule has 0 aliphatic carbocycles. The van der Waals surface area contributed by atoms with Gasteiger partial charge in [-0.05, 0) is 40.0 Å². The number of carbonyl (C=O) groups is 1. The fourth-order valence-corrected chi connectivity index (χ4v) is 0. The second-order valence-corrected chi connectivity index (χ2v) is 8.77. The third-order valence-electron chi connectivity index (χ3n) is 0. The van der Waals surface area contributed by atoms with Gasteiger partial charge in [0.15, 0.2) is 0 Å². The monoisotopic (exact) mass is 361 g/mol. The Balaban J connectivity index is -0.0000000331. The zero-order valence-electron chi connectivity index (χ0n) is 11.5. The Morgan fingerprint density at radius 3 is 1.00 bits per heavy atom. The summed E-state index contributed by atoms with van der Waals surface area (Å²) >= 11 is 0. The van der Waals surface area contributed by atoms with Crippen molar-refractivity contribution in [1.82, 2.24) is 0 Å². The molecular formula is C10H25O3P2Pd-. The first-order valence-corrected chi connectivity index (χ1v) is 9.68. The maximum atomic E-state index is 9.00. The quantitative estimate of drug-likeness (QED) is 0.410. The molecule has 0 spiro atoms. The van der Waals surface area contributed by atoms with E-state index in [4.69, 9.17) is 14.7 Å². The predicted molar refractivity (Wildman–Crippen MR) is 74.1 cm³/mol. The van der Waals surface area contributed by atoms with Crippen LogP contribution in [-0.4, -0.2) is 57.4 Å². The Kier molecular flexibility index (Phi) is 55.6. The first-order valence-electron chi connectivity index (χ1n) is 4.32. The van der Waals surface area contributed by atoms with Gasteiger partial charge >= 0.3 is 0 Å². The molecule has 0 radical (unpaired) electrons. The van der Waals surface area contributed by atoms with Crippen LogP contribution in [0.4, 0.5) is 0 Å². The Labute approximate surface area is 117 Å². The average Bonchev–Trinajstić information content (AvgIpc) is 1.81. The first-order chi connectivity index (χ1) is 6.61. The van der Waals surface area contributed by atoms with Gasteiger partial charge < -0.3 is 9.90 Å². The number of carboxylic acids is 1. The maximum absolute atomic E-state index is 9.00. The zero-order valence-corrected chi connectivity index (χ0v) is 14.8. The van der Waals surface area contributed by atoms with Crippen LogP contribution in [0.2, 0.25) is 0 Å². The van der Waals surface area contributed by atoms with Crippen LogP contribution < -0.4 is 0 Å². The van der Waals surface area contributed by atoms with E-state index in [1.807, 2.05) is 0 Å². The third-order valence-corrected chi connectivity index (χ3v) is 0. The summed E-state index contributed by atoms with van der Waals surface area (Å²) in [6.07, 6.45) is 1.50. The largest absolute Gasteiger partial charge is 0.542 e. The molecule has 0 aromatic rings. The normalized spacial score (nSPS) is 6.88. The van der Waals surface area contributed by atoms with E-state index in [1.165, 1.54) is 13.2 Å². The van der Waals surface area contributed by atoms with Crippen LogP contribution in [0.3, 0.4) is 0 Å². The number of carbonyl (C=O) groups excluding carboxylic acids is 1. The van der Waals surface area contributed by atoms with Crippen molar-refractivity contribution in [3.05, 3.63) is 0 Å². The minimum Gasteiger partial charge on any atom is -0.542 e. The Morgan fingerprint density at radius 1 is 1.00 bits per heavy atom. The van der Waals surface area contributed by atoms with E-state index in [1.54, 1.807) is 0 Å². The van der Waals surface area contributed by atoms with Gasteiger partial charge in [0.1, 0.15) is 0 Å². The van der Waals surface area contributed by atoms with Gasteiger partial charge in [-0.2, -0.15) is 6.92 Å². The summed E-state index contributed by atoms with van der Waals surface area (Å²) in [6.45, 7) is 15.8. The smallest absolute Gasteiger partial charge is 0.300 e. The molecule has 3 nitrogen and oxygen atoms in total. The molecule has 0 saturated carbocycles. The van der Waals surface area contributed by atoms with Gasteiger partial charge in [-0.25, -0.2) is 0 Å². The van der Waals surface area contributed by atoms with E-state index in [0.29, 0.717) is 15.8 Å². The second-order valence-electron chi connectivity index (χ2n) is 3.41. The van der Waals surface area contributed by atoms with Crippen LogP contribution >= 0.6 is 15.8 Å². The van der Waals surface area contributed by atoms with Crippen molar-refractivity contribution in [2.75, 3.05) is 40.0 Å². The van der Waals surface area contributed by atoms with Crippen molar-refractivity contribution >= 4 is 28.1 Å². The molecule has 16 heavy (non-hydrogen) atoms. The van der Waals surface area contributed by atoms with E-state index < -0.39 is 5.97 Å². The van der Waals surface area contributed by atoms with Crippen molar-refractivity contribution in [3.63, 3.8) is 0 Å². The summed E-state index contributed by atoms with van der Waals surface area (Å²) in [5.74, 6) is -0.833. The fraction of sp³-hybridized carbons (Fsp3) is 0.800. The van der Waals surface area contributed by atoms with E-state index in [0.717, 1.165) is 6.92 Å². The molecule has 0 aromatic heterocycles. The number of hydrogen-bond acceptors (Lipinski definition) is 2. The SMILES string of the molecule is CC(=O)O.CP(C)C.CP(C)C.C[C-]=O.[Pd]. The number of hydrogen-bond donors (Lipinski definition) is 1. The van der Waals surface area contributed by atoms with E-state index >= 15 is 0 Å². The van der Waals surface area contributed by atoms with Crippen LogP contribution in [0.1, 0.15) is 13.8 Å². The van der Waals surface area contributed by atoms with Crippen LogP contribution in [0.15, 0.2) is 0 Å². The van der Waals surface area contributed by atoms with Crippen molar-refractivity contribution in [3.8, 4) is 0 Å². The third kappa shape index (κ3) is 6240. The number of rotatable bonds is 0. The molecule has 1 N–H and O–H groups in total. The minimum atomic E-state index is -0.833. The first kappa shape index (κ1) is 30.1. The standard InChI is InChI=1S/2C3H9P.C2H4O2.C2H3O.Pd/c2*1-4(2)3;1-2(3)4;1-2-3;/h2*1-3H3;1H3,(H,3,4);1H3;/q;;;-1;. The molecule has 0 heterocycles. The topological polar surface area (TPSA) is 54.4 Å². The summed E-state index contributed by atoms with van der Waals surface area (Å²) in [5.41, 5.74) is 0. The Morgan fingerprint density at radius 2 is 1.00 bits per heavy atom. The van der Waals surface area contributed by atoms with Gasteiger partial charge in [-0.15, -0.1) is 15.8 Å². The van der Waals surface area contributed by atoms with E-state index in [2.05, 4.69) is 40.0 Å². The van der Waals surface area contributed by atoms with Gasteiger partial charge in [0.05, 0.1) is 0 Å². The molecular weight excluding hydrogens is 336 g/mol. The molecule has 0 amide bonds. The van der Waals surface area contributed by atoms with Crippen LogP contribution in [0.25, 0.3) is 0 Å². The number of carboxylic acid groups (broad SMARTS) is 1. The van der Waals surface area contributed by atoms with Gasteiger partial charge in [-0.3, -0.25) is 11.1 Å². The molecule has 0 rings (SSSR count). The summed E-state index contributed by atoms with van der Waals surface area (Å²) in [5, 5.41) is 7.42. The molecule has 0 bridgehead atoms. The van der Waals surface area contributed by atoms with Crippen molar-refractivity contribution in [1.29, 1.82) is 0 Å². The summed E-state index contributed by atoms with van der Waals surface area (Å²) < 4.78 is 0. The summed E-state index contributed by atoms with van der Waals surface area (Å²) in [6, 6.07) is 0. The van der Waals surface area contributed by atoms with Crippen molar-refractivity contribution in [2.45, 2.75) is 13.8 Å². The molecule has 0 unspecified atom stereocenters. The molecule has 0 aromatic carbocycles. The van der Waals surface area contributed by atoms with Crippen molar-refractivity contribution in [2.24, 2.45) is 0 Å².